The molecule has 0 aliphatic carbocycles. The molecule has 1 fully saturated rings. The molecule has 0 radical (unpaired) electrons. The van der Waals surface area contributed by atoms with Gasteiger partial charge in [0.1, 0.15) is 0 Å². The van der Waals surface area contributed by atoms with Crippen LogP contribution in [0.25, 0.3) is 0 Å². The van der Waals surface area contributed by atoms with Crippen LogP contribution in [0.3, 0.4) is 0 Å². The molecule has 1 aromatic rings. The molecule has 1 aromatic carbocycles. The standard InChI is InChI=1S/C12H17NOS/c1-9-3-2-4-10(7-9)12(13)11-8-15-6-5-14-11/h2-4,7,11-12H,5-6,8,13H2,1H3. The van der Waals surface area contributed by atoms with Gasteiger partial charge in [-0.25, -0.2) is 0 Å². The summed E-state index contributed by atoms with van der Waals surface area (Å²) in [6.45, 7) is 2.92. The van der Waals surface area contributed by atoms with Gasteiger partial charge in [-0.3, -0.25) is 0 Å². The van der Waals surface area contributed by atoms with E-state index in [1.165, 1.54) is 11.1 Å². The van der Waals surface area contributed by atoms with Gasteiger partial charge in [0, 0.05) is 11.5 Å². The second kappa shape index (κ2) is 5.01. The highest BCUT2D eigenvalue weighted by Gasteiger charge is 2.22. The molecule has 82 valence electrons. The Balaban J connectivity index is 2.08. The van der Waals surface area contributed by atoms with Crippen molar-refractivity contribution >= 4 is 11.8 Å². The van der Waals surface area contributed by atoms with Gasteiger partial charge in [0.25, 0.3) is 0 Å². The third kappa shape index (κ3) is 2.74. The monoisotopic (exact) mass is 223 g/mol. The topological polar surface area (TPSA) is 35.2 Å². The predicted molar refractivity (Wildman–Crippen MR) is 65.2 cm³/mol. The van der Waals surface area contributed by atoms with Crippen molar-refractivity contribution in [3.63, 3.8) is 0 Å². The quantitative estimate of drug-likeness (QED) is 0.834. The fourth-order valence-corrected chi connectivity index (χ4v) is 2.72. The van der Waals surface area contributed by atoms with Gasteiger partial charge in [0.2, 0.25) is 0 Å². The number of thioether (sulfide) groups is 1. The summed E-state index contributed by atoms with van der Waals surface area (Å²) in [6.07, 6.45) is 0.172. The number of benzene rings is 1. The van der Waals surface area contributed by atoms with E-state index in [2.05, 4.69) is 31.2 Å². The van der Waals surface area contributed by atoms with Crippen molar-refractivity contribution in [3.8, 4) is 0 Å². The lowest BCUT2D eigenvalue weighted by molar-refractivity contribution is 0.0569. The maximum Gasteiger partial charge on any atom is 0.0858 e. The van der Waals surface area contributed by atoms with E-state index in [-0.39, 0.29) is 12.1 Å². The smallest absolute Gasteiger partial charge is 0.0858 e. The largest absolute Gasteiger partial charge is 0.375 e. The average Bonchev–Trinajstić information content (AvgIpc) is 2.29. The van der Waals surface area contributed by atoms with Crippen LogP contribution >= 0.6 is 11.8 Å². The Morgan fingerprint density at radius 2 is 2.40 bits per heavy atom. The summed E-state index contributed by atoms with van der Waals surface area (Å²) in [7, 11) is 0. The van der Waals surface area contributed by atoms with Crippen LogP contribution in [-0.2, 0) is 4.74 Å². The Kier molecular flexibility index (Phi) is 3.67. The van der Waals surface area contributed by atoms with Crippen molar-refractivity contribution < 1.29 is 4.74 Å². The van der Waals surface area contributed by atoms with Crippen LogP contribution in [-0.4, -0.2) is 24.2 Å². The maximum absolute atomic E-state index is 6.20. The van der Waals surface area contributed by atoms with Crippen LogP contribution in [0.15, 0.2) is 24.3 Å². The highest BCUT2D eigenvalue weighted by Crippen LogP contribution is 2.23. The van der Waals surface area contributed by atoms with Crippen molar-refractivity contribution in [1.82, 2.24) is 0 Å². The van der Waals surface area contributed by atoms with Gasteiger partial charge in [-0.05, 0) is 12.5 Å². The minimum atomic E-state index is 0.0118. The number of hydrogen-bond donors (Lipinski definition) is 1. The zero-order chi connectivity index (χ0) is 10.7. The predicted octanol–water partition coefficient (Wildman–Crippen LogP) is 2.13. The van der Waals surface area contributed by atoms with Gasteiger partial charge in [0.05, 0.1) is 18.8 Å². The summed E-state index contributed by atoms with van der Waals surface area (Å²) in [5.41, 5.74) is 8.64. The van der Waals surface area contributed by atoms with Crippen LogP contribution in [0, 0.1) is 6.92 Å². The van der Waals surface area contributed by atoms with Gasteiger partial charge in [0.15, 0.2) is 0 Å². The van der Waals surface area contributed by atoms with E-state index in [0.29, 0.717) is 0 Å². The lowest BCUT2D eigenvalue weighted by Crippen LogP contribution is -2.34. The van der Waals surface area contributed by atoms with E-state index < -0.39 is 0 Å². The second-order valence-corrected chi connectivity index (χ2v) is 5.07. The third-order valence-corrected chi connectivity index (χ3v) is 3.69. The number of rotatable bonds is 2. The molecule has 2 unspecified atom stereocenters. The molecule has 2 rings (SSSR count). The Morgan fingerprint density at radius 3 is 3.07 bits per heavy atom. The van der Waals surface area contributed by atoms with Gasteiger partial charge in [-0.2, -0.15) is 11.8 Å². The highest BCUT2D eigenvalue weighted by atomic mass is 32.2. The van der Waals surface area contributed by atoms with Gasteiger partial charge < -0.3 is 10.5 Å². The van der Waals surface area contributed by atoms with Gasteiger partial charge >= 0.3 is 0 Å². The molecule has 0 amide bonds. The Morgan fingerprint density at radius 1 is 1.53 bits per heavy atom. The zero-order valence-electron chi connectivity index (χ0n) is 8.98. The summed E-state index contributed by atoms with van der Waals surface area (Å²) >= 11 is 1.93. The normalized spacial score (nSPS) is 23.7. The molecule has 2 N–H and O–H groups in total. The molecule has 2 nitrogen and oxygen atoms in total. The lowest BCUT2D eigenvalue weighted by Gasteiger charge is -2.28. The first kappa shape index (κ1) is 11.0. The van der Waals surface area contributed by atoms with Crippen LogP contribution in [0.4, 0.5) is 0 Å². The molecule has 15 heavy (non-hydrogen) atoms. The third-order valence-electron chi connectivity index (χ3n) is 2.67. The van der Waals surface area contributed by atoms with E-state index in [1.54, 1.807) is 0 Å². The van der Waals surface area contributed by atoms with Crippen LogP contribution < -0.4 is 5.73 Å². The molecular formula is C12H17NOS. The summed E-state index contributed by atoms with van der Waals surface area (Å²) in [4.78, 5) is 0. The van der Waals surface area contributed by atoms with Crippen molar-refractivity contribution in [3.05, 3.63) is 35.4 Å². The Labute approximate surface area is 95.2 Å². The fourth-order valence-electron chi connectivity index (χ4n) is 1.81. The highest BCUT2D eigenvalue weighted by molar-refractivity contribution is 7.99. The molecule has 0 bridgehead atoms. The first-order valence-electron chi connectivity index (χ1n) is 5.29. The number of nitrogens with two attached hydrogens (primary N) is 1. The molecular weight excluding hydrogens is 206 g/mol. The molecule has 1 heterocycles. The van der Waals surface area contributed by atoms with E-state index in [1.807, 2.05) is 11.8 Å². The van der Waals surface area contributed by atoms with E-state index in [0.717, 1.165) is 18.1 Å². The average molecular weight is 223 g/mol. The minimum Gasteiger partial charge on any atom is -0.375 e. The van der Waals surface area contributed by atoms with E-state index in [9.17, 15) is 0 Å². The molecule has 1 aliphatic heterocycles. The summed E-state index contributed by atoms with van der Waals surface area (Å²) in [5.74, 6) is 2.10. The first-order valence-corrected chi connectivity index (χ1v) is 6.44. The molecule has 0 spiro atoms. The first-order chi connectivity index (χ1) is 7.27. The number of ether oxygens (including phenoxy) is 1. The summed E-state index contributed by atoms with van der Waals surface area (Å²) in [6, 6.07) is 8.39. The summed E-state index contributed by atoms with van der Waals surface area (Å²) < 4.78 is 5.69. The zero-order valence-corrected chi connectivity index (χ0v) is 9.80. The van der Waals surface area contributed by atoms with E-state index in [4.69, 9.17) is 10.5 Å². The molecule has 0 aromatic heterocycles. The minimum absolute atomic E-state index is 0.0118. The Hall–Kier alpha value is -0.510. The SMILES string of the molecule is Cc1cccc(C(N)C2CSCCO2)c1. The second-order valence-electron chi connectivity index (χ2n) is 3.92. The van der Waals surface area contributed by atoms with Crippen molar-refractivity contribution in [2.45, 2.75) is 19.1 Å². The molecule has 3 heteroatoms. The number of hydrogen-bond acceptors (Lipinski definition) is 3. The van der Waals surface area contributed by atoms with Crippen molar-refractivity contribution in [2.75, 3.05) is 18.1 Å². The molecule has 2 atom stereocenters. The van der Waals surface area contributed by atoms with Crippen LogP contribution in [0.1, 0.15) is 17.2 Å². The van der Waals surface area contributed by atoms with Gasteiger partial charge in [-0.15, -0.1) is 0 Å². The Bertz CT molecular complexity index is 323. The number of aryl methyl sites for hydroxylation is 1. The van der Waals surface area contributed by atoms with Crippen molar-refractivity contribution in [1.29, 1.82) is 0 Å². The molecule has 0 saturated carbocycles. The van der Waals surface area contributed by atoms with Gasteiger partial charge in [-0.1, -0.05) is 29.8 Å². The molecule has 1 saturated heterocycles. The van der Waals surface area contributed by atoms with E-state index >= 15 is 0 Å². The summed E-state index contributed by atoms with van der Waals surface area (Å²) in [5, 5.41) is 0. The van der Waals surface area contributed by atoms with Crippen LogP contribution in [0.5, 0.6) is 0 Å². The van der Waals surface area contributed by atoms with Crippen molar-refractivity contribution in [2.24, 2.45) is 5.73 Å². The maximum atomic E-state index is 6.20. The molecule has 1 aliphatic rings. The van der Waals surface area contributed by atoms with Crippen LogP contribution in [0.2, 0.25) is 0 Å². The fraction of sp³-hybridized carbons (Fsp3) is 0.500. The lowest BCUT2D eigenvalue weighted by atomic mass is 10.0.